The van der Waals surface area contributed by atoms with Gasteiger partial charge in [-0.25, -0.2) is 0 Å². The van der Waals surface area contributed by atoms with Crippen molar-refractivity contribution in [2.75, 3.05) is 11.9 Å². The summed E-state index contributed by atoms with van der Waals surface area (Å²) < 4.78 is 34.9. The Morgan fingerprint density at radius 1 is 1.33 bits per heavy atom. The van der Waals surface area contributed by atoms with E-state index >= 15 is 0 Å². The molecule has 0 atom stereocenters. The van der Waals surface area contributed by atoms with E-state index in [2.05, 4.69) is 26.0 Å². The lowest BCUT2D eigenvalue weighted by Crippen LogP contribution is -2.13. The van der Waals surface area contributed by atoms with Crippen molar-refractivity contribution in [1.29, 1.82) is 0 Å². The maximum Gasteiger partial charge on any atom is 0.387 e. The molecule has 1 amide bonds. The Hall–Kier alpha value is -1.86. The molecule has 2 aromatic carbocycles. The van der Waals surface area contributed by atoms with E-state index in [1.807, 2.05) is 0 Å². The molecule has 0 bridgehead atoms. The van der Waals surface area contributed by atoms with Gasteiger partial charge >= 0.3 is 6.61 Å². The van der Waals surface area contributed by atoms with E-state index in [1.54, 1.807) is 13.0 Å². The van der Waals surface area contributed by atoms with Crippen LogP contribution in [0.5, 0.6) is 11.5 Å². The molecule has 0 saturated heterocycles. The molecule has 0 aliphatic heterocycles. The molecule has 0 heterocycles. The molecule has 0 radical (unpaired) electrons. The number of carbonyl (C=O) groups excluding carboxylic acids is 1. The van der Waals surface area contributed by atoms with Gasteiger partial charge in [-0.2, -0.15) is 8.78 Å². The second kappa shape index (κ2) is 8.30. The van der Waals surface area contributed by atoms with Gasteiger partial charge in [-0.3, -0.25) is 4.79 Å². The van der Waals surface area contributed by atoms with E-state index in [0.717, 1.165) is 0 Å². The molecule has 0 aliphatic carbocycles. The normalized spacial score (nSPS) is 10.6. The molecule has 0 unspecified atom stereocenters. The van der Waals surface area contributed by atoms with Crippen LogP contribution in [0.3, 0.4) is 0 Å². The fraction of sp³-hybridized carbons (Fsp3) is 0.188. The molecule has 24 heavy (non-hydrogen) atoms. The van der Waals surface area contributed by atoms with Crippen LogP contribution in [0, 0.1) is 0 Å². The van der Waals surface area contributed by atoms with Crippen LogP contribution in [0.4, 0.5) is 14.5 Å². The van der Waals surface area contributed by atoms with Crippen molar-refractivity contribution >= 4 is 39.1 Å². The molecule has 2 rings (SSSR count). The summed E-state index contributed by atoms with van der Waals surface area (Å²) in [5.41, 5.74) is 0.521. The lowest BCUT2D eigenvalue weighted by atomic mass is 10.2. The number of halogens is 4. The number of anilines is 1. The monoisotopic (exact) mass is 419 g/mol. The standard InChI is InChI=1S/C16H13BrClF2NO3/c1-2-23-14-12(17)7-10(18)8-13(14)21-15(22)9-4-3-5-11(6-9)24-16(19)20/h3-8,16H,2H2,1H3,(H,21,22). The summed E-state index contributed by atoms with van der Waals surface area (Å²) in [6.45, 7) is -0.768. The Kier molecular flexibility index (Phi) is 6.39. The van der Waals surface area contributed by atoms with Crippen molar-refractivity contribution in [3.8, 4) is 11.5 Å². The van der Waals surface area contributed by atoms with Crippen molar-refractivity contribution in [2.45, 2.75) is 13.5 Å². The summed E-state index contributed by atoms with van der Waals surface area (Å²) >= 11 is 9.31. The summed E-state index contributed by atoms with van der Waals surface area (Å²) in [5, 5.41) is 3.05. The van der Waals surface area contributed by atoms with Crippen molar-refractivity contribution in [3.05, 3.63) is 51.5 Å². The SMILES string of the molecule is CCOc1c(Br)cc(Cl)cc1NC(=O)c1cccc(OC(F)F)c1. The minimum atomic E-state index is -2.96. The topological polar surface area (TPSA) is 47.6 Å². The number of hydrogen-bond acceptors (Lipinski definition) is 3. The average molecular weight is 421 g/mol. The van der Waals surface area contributed by atoms with E-state index < -0.39 is 12.5 Å². The zero-order chi connectivity index (χ0) is 17.7. The van der Waals surface area contributed by atoms with Gasteiger partial charge in [0.15, 0.2) is 5.75 Å². The van der Waals surface area contributed by atoms with Crippen LogP contribution >= 0.6 is 27.5 Å². The van der Waals surface area contributed by atoms with Gasteiger partial charge in [-0.15, -0.1) is 0 Å². The Bertz CT molecular complexity index is 743. The first-order valence-electron chi connectivity index (χ1n) is 6.88. The zero-order valence-electron chi connectivity index (χ0n) is 12.5. The molecule has 8 heteroatoms. The number of carbonyl (C=O) groups is 1. The number of hydrogen-bond donors (Lipinski definition) is 1. The largest absolute Gasteiger partial charge is 0.491 e. The molecular weight excluding hydrogens is 408 g/mol. The van der Waals surface area contributed by atoms with Crippen LogP contribution in [0.1, 0.15) is 17.3 Å². The smallest absolute Gasteiger partial charge is 0.387 e. The lowest BCUT2D eigenvalue weighted by molar-refractivity contribution is -0.0498. The molecule has 0 fully saturated rings. The third kappa shape index (κ3) is 4.82. The second-order valence-corrected chi connectivity index (χ2v) is 5.85. The highest BCUT2D eigenvalue weighted by Gasteiger charge is 2.15. The van der Waals surface area contributed by atoms with Gasteiger partial charge in [0, 0.05) is 10.6 Å². The minimum Gasteiger partial charge on any atom is -0.491 e. The fourth-order valence-electron chi connectivity index (χ4n) is 1.95. The zero-order valence-corrected chi connectivity index (χ0v) is 14.8. The molecule has 128 valence electrons. The van der Waals surface area contributed by atoms with Crippen molar-refractivity contribution < 1.29 is 23.0 Å². The first-order chi connectivity index (χ1) is 11.4. The minimum absolute atomic E-state index is 0.102. The highest BCUT2D eigenvalue weighted by molar-refractivity contribution is 9.10. The van der Waals surface area contributed by atoms with Gasteiger partial charge < -0.3 is 14.8 Å². The summed E-state index contributed by atoms with van der Waals surface area (Å²) in [4.78, 5) is 12.4. The number of rotatable bonds is 6. The van der Waals surface area contributed by atoms with Gasteiger partial charge in [-0.1, -0.05) is 17.7 Å². The first-order valence-corrected chi connectivity index (χ1v) is 8.06. The number of nitrogens with one attached hydrogen (secondary N) is 1. The van der Waals surface area contributed by atoms with Crippen LogP contribution in [-0.2, 0) is 0 Å². The summed E-state index contributed by atoms with van der Waals surface area (Å²) in [5.74, 6) is -0.185. The summed E-state index contributed by atoms with van der Waals surface area (Å²) in [6, 6.07) is 8.66. The van der Waals surface area contributed by atoms with Crippen LogP contribution in [0.15, 0.2) is 40.9 Å². The van der Waals surface area contributed by atoms with Crippen molar-refractivity contribution in [2.24, 2.45) is 0 Å². The van der Waals surface area contributed by atoms with E-state index in [0.29, 0.717) is 27.5 Å². The average Bonchev–Trinajstić information content (AvgIpc) is 2.50. The quantitative estimate of drug-likeness (QED) is 0.685. The number of ether oxygens (including phenoxy) is 2. The molecule has 2 aromatic rings. The fourth-order valence-corrected chi connectivity index (χ4v) is 2.88. The number of alkyl halides is 2. The molecular formula is C16H13BrClF2NO3. The van der Waals surface area contributed by atoms with Crippen LogP contribution < -0.4 is 14.8 Å². The first kappa shape index (κ1) is 18.5. The molecule has 0 spiro atoms. The van der Waals surface area contributed by atoms with Gasteiger partial charge in [0.2, 0.25) is 0 Å². The molecule has 0 aliphatic rings. The van der Waals surface area contributed by atoms with Crippen molar-refractivity contribution in [3.63, 3.8) is 0 Å². The van der Waals surface area contributed by atoms with E-state index in [9.17, 15) is 13.6 Å². The van der Waals surface area contributed by atoms with Gasteiger partial charge in [0.05, 0.1) is 16.8 Å². The van der Waals surface area contributed by atoms with Crippen molar-refractivity contribution in [1.82, 2.24) is 0 Å². The maximum atomic E-state index is 12.4. The Balaban J connectivity index is 2.26. The number of benzene rings is 2. The van der Waals surface area contributed by atoms with Gasteiger partial charge in [-0.05, 0) is 53.2 Å². The number of amides is 1. The van der Waals surface area contributed by atoms with E-state index in [1.165, 1.54) is 30.3 Å². The van der Waals surface area contributed by atoms with Crippen LogP contribution in [0.2, 0.25) is 5.02 Å². The Morgan fingerprint density at radius 3 is 2.75 bits per heavy atom. The van der Waals surface area contributed by atoms with Crippen LogP contribution in [-0.4, -0.2) is 19.1 Å². The molecule has 0 aromatic heterocycles. The summed E-state index contributed by atoms with van der Waals surface area (Å²) in [7, 11) is 0. The van der Waals surface area contributed by atoms with Gasteiger partial charge in [0.1, 0.15) is 5.75 Å². The third-order valence-corrected chi connectivity index (χ3v) is 3.67. The highest BCUT2D eigenvalue weighted by Crippen LogP contribution is 2.37. The predicted molar refractivity (Wildman–Crippen MR) is 91.3 cm³/mol. The third-order valence-electron chi connectivity index (χ3n) is 2.87. The second-order valence-electron chi connectivity index (χ2n) is 4.56. The lowest BCUT2D eigenvalue weighted by Gasteiger charge is -2.14. The predicted octanol–water partition coefficient (Wildman–Crippen LogP) is 5.35. The highest BCUT2D eigenvalue weighted by atomic mass is 79.9. The molecule has 1 N–H and O–H groups in total. The van der Waals surface area contributed by atoms with Gasteiger partial charge in [0.25, 0.3) is 5.91 Å². The summed E-state index contributed by atoms with van der Waals surface area (Å²) in [6.07, 6.45) is 0. The molecule has 0 saturated carbocycles. The Morgan fingerprint density at radius 2 is 2.08 bits per heavy atom. The van der Waals surface area contributed by atoms with E-state index in [4.69, 9.17) is 16.3 Å². The Labute approximate surface area is 150 Å². The van der Waals surface area contributed by atoms with Crippen LogP contribution in [0.25, 0.3) is 0 Å². The van der Waals surface area contributed by atoms with E-state index in [-0.39, 0.29) is 11.3 Å². The maximum absolute atomic E-state index is 12.4. The molecule has 4 nitrogen and oxygen atoms in total.